The number of nitrogens with one attached hydrogen (secondary N) is 1. The highest BCUT2D eigenvalue weighted by Gasteiger charge is 2.07. The molecule has 0 aliphatic carbocycles. The van der Waals surface area contributed by atoms with Crippen molar-refractivity contribution in [3.05, 3.63) is 95.8 Å². The second kappa shape index (κ2) is 12.3. The molecular weight excluding hydrogens is 444 g/mol. The standard InChI is InChI=1S/C12H9FN4O.C11H10FN3O/c13-10-6-15-12(17-11(10)16-8-14)18-7-9-4-2-1-3-5-9;12-9-6-14-11(15-10(9)13)16-7-8-4-2-1-3-5-8/h1-6H,7H2,(H,15,16,17);1-6H,7H2,(H2,13,14,15). The van der Waals surface area contributed by atoms with Gasteiger partial charge in [-0.25, -0.2) is 18.7 Å². The number of hydrogen-bond acceptors (Lipinski definition) is 9. The van der Waals surface area contributed by atoms with Gasteiger partial charge < -0.3 is 15.2 Å². The van der Waals surface area contributed by atoms with Gasteiger partial charge in [0.2, 0.25) is 0 Å². The van der Waals surface area contributed by atoms with Crippen molar-refractivity contribution < 1.29 is 18.3 Å². The van der Waals surface area contributed by atoms with E-state index < -0.39 is 11.6 Å². The lowest BCUT2D eigenvalue weighted by molar-refractivity contribution is 0.280. The third kappa shape index (κ3) is 7.38. The van der Waals surface area contributed by atoms with Gasteiger partial charge in [-0.2, -0.15) is 15.2 Å². The number of nitrogens with two attached hydrogens (primary N) is 1. The minimum Gasteiger partial charge on any atom is -0.459 e. The van der Waals surface area contributed by atoms with Crippen LogP contribution in [0.1, 0.15) is 11.1 Å². The first-order chi connectivity index (χ1) is 16.5. The van der Waals surface area contributed by atoms with Gasteiger partial charge in [0.1, 0.15) is 13.2 Å². The van der Waals surface area contributed by atoms with Gasteiger partial charge in [-0.3, -0.25) is 5.32 Å². The molecule has 4 aromatic rings. The van der Waals surface area contributed by atoms with Crippen LogP contribution in [-0.4, -0.2) is 19.9 Å². The molecule has 0 saturated carbocycles. The van der Waals surface area contributed by atoms with Crippen LogP contribution in [-0.2, 0) is 13.2 Å². The van der Waals surface area contributed by atoms with Crippen molar-refractivity contribution in [1.82, 2.24) is 19.9 Å². The Hall–Kier alpha value is -4.85. The van der Waals surface area contributed by atoms with Crippen molar-refractivity contribution in [1.29, 1.82) is 5.26 Å². The first kappa shape index (κ1) is 23.8. The molecule has 0 spiro atoms. The highest BCUT2D eigenvalue weighted by molar-refractivity contribution is 5.39. The Bertz CT molecular complexity index is 1240. The Balaban J connectivity index is 0.000000192. The van der Waals surface area contributed by atoms with E-state index in [4.69, 9.17) is 20.5 Å². The van der Waals surface area contributed by atoms with E-state index in [1.54, 1.807) is 6.19 Å². The average molecular weight is 463 g/mol. The molecule has 0 saturated heterocycles. The number of ether oxygens (including phenoxy) is 2. The Morgan fingerprint density at radius 3 is 1.79 bits per heavy atom. The number of nitrogen functional groups attached to an aromatic ring is 1. The van der Waals surface area contributed by atoms with E-state index in [1.807, 2.05) is 60.7 Å². The fraction of sp³-hybridized carbons (Fsp3) is 0.0870. The molecule has 0 bridgehead atoms. The van der Waals surface area contributed by atoms with Crippen molar-refractivity contribution >= 4 is 11.6 Å². The van der Waals surface area contributed by atoms with Gasteiger partial charge in [0.05, 0.1) is 12.4 Å². The number of nitriles is 1. The van der Waals surface area contributed by atoms with Crippen molar-refractivity contribution in [2.75, 3.05) is 11.1 Å². The molecule has 0 aliphatic heterocycles. The zero-order valence-electron chi connectivity index (χ0n) is 17.7. The summed E-state index contributed by atoms with van der Waals surface area (Å²) < 4.78 is 36.4. The maximum atomic E-state index is 13.1. The van der Waals surface area contributed by atoms with Gasteiger partial charge in [0.15, 0.2) is 29.5 Å². The summed E-state index contributed by atoms with van der Waals surface area (Å²) in [4.78, 5) is 14.7. The molecule has 0 atom stereocenters. The molecule has 9 nitrogen and oxygen atoms in total. The summed E-state index contributed by atoms with van der Waals surface area (Å²) >= 11 is 0. The van der Waals surface area contributed by atoms with Gasteiger partial charge in [0.25, 0.3) is 0 Å². The van der Waals surface area contributed by atoms with Crippen LogP contribution < -0.4 is 20.5 Å². The highest BCUT2D eigenvalue weighted by Crippen LogP contribution is 2.14. The topological polar surface area (TPSA) is 132 Å². The fourth-order valence-electron chi connectivity index (χ4n) is 2.44. The molecule has 2 aromatic heterocycles. The summed E-state index contributed by atoms with van der Waals surface area (Å²) in [5.41, 5.74) is 7.21. The highest BCUT2D eigenvalue weighted by atomic mass is 19.1. The Morgan fingerprint density at radius 2 is 1.29 bits per heavy atom. The normalized spacial score (nSPS) is 9.79. The number of nitrogens with zero attached hydrogens (tertiary/aromatic N) is 5. The summed E-state index contributed by atoms with van der Waals surface area (Å²) in [5.74, 6) is -1.76. The summed E-state index contributed by atoms with van der Waals surface area (Å²) in [6.07, 6.45) is 3.53. The fourth-order valence-corrected chi connectivity index (χ4v) is 2.44. The second-order valence-corrected chi connectivity index (χ2v) is 6.52. The first-order valence-corrected chi connectivity index (χ1v) is 9.84. The zero-order valence-corrected chi connectivity index (χ0v) is 17.7. The lowest BCUT2D eigenvalue weighted by atomic mass is 10.2. The van der Waals surface area contributed by atoms with Crippen LogP contribution in [0.2, 0.25) is 0 Å². The van der Waals surface area contributed by atoms with E-state index >= 15 is 0 Å². The molecule has 4 rings (SSSR count). The average Bonchev–Trinajstić information content (AvgIpc) is 2.87. The number of anilines is 2. The number of halogens is 2. The van der Waals surface area contributed by atoms with E-state index in [-0.39, 0.29) is 30.3 Å². The summed E-state index contributed by atoms with van der Waals surface area (Å²) in [5, 5.41) is 10.5. The predicted octanol–water partition coefficient (Wildman–Crippen LogP) is 3.86. The number of aromatic nitrogens is 4. The van der Waals surface area contributed by atoms with Crippen LogP contribution in [0.25, 0.3) is 0 Å². The Morgan fingerprint density at radius 1 is 0.794 bits per heavy atom. The molecule has 172 valence electrons. The molecule has 0 radical (unpaired) electrons. The minimum atomic E-state index is -0.705. The summed E-state index contributed by atoms with van der Waals surface area (Å²) in [6, 6.07) is 19.1. The molecule has 2 aromatic carbocycles. The first-order valence-electron chi connectivity index (χ1n) is 9.84. The molecule has 0 unspecified atom stereocenters. The molecule has 11 heteroatoms. The molecule has 0 amide bonds. The maximum Gasteiger partial charge on any atom is 0.318 e. The second-order valence-electron chi connectivity index (χ2n) is 6.52. The molecule has 0 fully saturated rings. The zero-order chi connectivity index (χ0) is 24.2. The van der Waals surface area contributed by atoms with Crippen LogP contribution >= 0.6 is 0 Å². The van der Waals surface area contributed by atoms with Crippen LogP contribution in [0.3, 0.4) is 0 Å². The van der Waals surface area contributed by atoms with E-state index in [0.29, 0.717) is 6.61 Å². The number of benzene rings is 2. The smallest absolute Gasteiger partial charge is 0.318 e. The summed E-state index contributed by atoms with van der Waals surface area (Å²) in [7, 11) is 0. The van der Waals surface area contributed by atoms with Gasteiger partial charge in [0, 0.05) is 0 Å². The van der Waals surface area contributed by atoms with Gasteiger partial charge >= 0.3 is 12.0 Å². The van der Waals surface area contributed by atoms with Crippen molar-refractivity contribution in [2.45, 2.75) is 13.2 Å². The van der Waals surface area contributed by atoms with Crippen molar-refractivity contribution in [3.8, 4) is 18.2 Å². The molecule has 2 heterocycles. The van der Waals surface area contributed by atoms with E-state index in [0.717, 1.165) is 23.5 Å². The van der Waals surface area contributed by atoms with Gasteiger partial charge in [-0.05, 0) is 11.1 Å². The van der Waals surface area contributed by atoms with E-state index in [9.17, 15) is 8.78 Å². The Kier molecular flexibility index (Phi) is 8.58. The van der Waals surface area contributed by atoms with Crippen molar-refractivity contribution in [2.24, 2.45) is 0 Å². The lowest BCUT2D eigenvalue weighted by Crippen LogP contribution is -2.03. The quantitative estimate of drug-likeness (QED) is 0.310. The summed E-state index contributed by atoms with van der Waals surface area (Å²) in [6.45, 7) is 0.602. The van der Waals surface area contributed by atoms with E-state index in [1.165, 1.54) is 0 Å². The molecule has 3 N–H and O–H groups in total. The number of hydrogen-bond donors (Lipinski definition) is 2. The van der Waals surface area contributed by atoms with Gasteiger partial charge in [-0.15, -0.1) is 0 Å². The van der Waals surface area contributed by atoms with Gasteiger partial charge in [-0.1, -0.05) is 60.7 Å². The minimum absolute atomic E-state index is 0.0120. The largest absolute Gasteiger partial charge is 0.459 e. The van der Waals surface area contributed by atoms with Crippen molar-refractivity contribution in [3.63, 3.8) is 0 Å². The molecule has 34 heavy (non-hydrogen) atoms. The number of rotatable bonds is 7. The third-order valence-corrected chi connectivity index (χ3v) is 4.07. The monoisotopic (exact) mass is 463 g/mol. The Labute approximate surface area is 193 Å². The van der Waals surface area contributed by atoms with Crippen LogP contribution in [0.5, 0.6) is 12.0 Å². The van der Waals surface area contributed by atoms with Crippen LogP contribution in [0.15, 0.2) is 73.1 Å². The van der Waals surface area contributed by atoms with E-state index in [2.05, 4.69) is 25.3 Å². The SMILES string of the molecule is N#CNc1nc(OCc2ccccc2)ncc1F.Nc1nc(OCc2ccccc2)ncc1F. The lowest BCUT2D eigenvalue weighted by Gasteiger charge is -2.05. The third-order valence-electron chi connectivity index (χ3n) is 4.07. The molecule has 0 aliphatic rings. The molecular formula is C23H19F2N7O2. The van der Waals surface area contributed by atoms with Crippen LogP contribution in [0.4, 0.5) is 20.4 Å². The van der Waals surface area contributed by atoms with Crippen LogP contribution in [0, 0.1) is 23.1 Å². The maximum absolute atomic E-state index is 13.1. The predicted molar refractivity (Wildman–Crippen MR) is 119 cm³/mol.